The predicted octanol–water partition coefficient (Wildman–Crippen LogP) is 3.78. The van der Waals surface area contributed by atoms with E-state index in [1.165, 1.54) is 0 Å². The van der Waals surface area contributed by atoms with Crippen LogP contribution in [0.5, 0.6) is 0 Å². The van der Waals surface area contributed by atoms with Gasteiger partial charge in [0.15, 0.2) is 0 Å². The number of imide groups is 1. The number of rotatable bonds is 4. The number of amides is 3. The summed E-state index contributed by atoms with van der Waals surface area (Å²) in [5, 5.41) is 0.859. The van der Waals surface area contributed by atoms with Gasteiger partial charge in [-0.25, -0.2) is 4.98 Å². The molecule has 1 aliphatic rings. The van der Waals surface area contributed by atoms with Gasteiger partial charge in [0, 0.05) is 25.5 Å². The molecule has 1 atom stereocenters. The summed E-state index contributed by atoms with van der Waals surface area (Å²) in [7, 11) is 1.73. The molecule has 2 heterocycles. The standard InChI is InChI=1S/C21H19N3O3S/c1-13(20-22-16-8-3-4-9-17(16)28-20)23(2)21(27)14-6-5-7-15(12-14)24-18(25)10-11-19(24)26/h3-9,12-13H,10-11H2,1-2H3/t13-/m0/s1. The van der Waals surface area contributed by atoms with E-state index in [-0.39, 0.29) is 36.6 Å². The quantitative estimate of drug-likeness (QED) is 0.633. The summed E-state index contributed by atoms with van der Waals surface area (Å²) in [6.45, 7) is 1.94. The zero-order valence-corrected chi connectivity index (χ0v) is 16.4. The Morgan fingerprint density at radius 2 is 1.82 bits per heavy atom. The predicted molar refractivity (Wildman–Crippen MR) is 108 cm³/mol. The summed E-state index contributed by atoms with van der Waals surface area (Å²) >= 11 is 1.57. The molecule has 0 spiro atoms. The molecule has 3 aromatic rings. The molecule has 28 heavy (non-hydrogen) atoms. The van der Waals surface area contributed by atoms with Crippen LogP contribution in [-0.2, 0) is 9.59 Å². The van der Waals surface area contributed by atoms with E-state index in [1.54, 1.807) is 47.5 Å². The van der Waals surface area contributed by atoms with Gasteiger partial charge in [-0.2, -0.15) is 0 Å². The number of para-hydroxylation sites is 1. The topological polar surface area (TPSA) is 70.6 Å². The van der Waals surface area contributed by atoms with E-state index in [1.807, 2.05) is 31.2 Å². The lowest BCUT2D eigenvalue weighted by Crippen LogP contribution is -2.31. The lowest BCUT2D eigenvalue weighted by atomic mass is 10.1. The van der Waals surface area contributed by atoms with Crippen molar-refractivity contribution >= 4 is 45.0 Å². The number of aromatic nitrogens is 1. The maximum atomic E-state index is 13.0. The second-order valence-electron chi connectivity index (χ2n) is 6.79. The van der Waals surface area contributed by atoms with Gasteiger partial charge in [-0.05, 0) is 37.3 Å². The van der Waals surface area contributed by atoms with Crippen molar-refractivity contribution in [3.63, 3.8) is 0 Å². The second-order valence-corrected chi connectivity index (χ2v) is 7.85. The number of nitrogens with zero attached hydrogens (tertiary/aromatic N) is 3. The molecule has 142 valence electrons. The summed E-state index contributed by atoms with van der Waals surface area (Å²) < 4.78 is 1.08. The zero-order valence-electron chi connectivity index (χ0n) is 15.6. The Hall–Kier alpha value is -3.06. The first-order valence-corrected chi connectivity index (χ1v) is 9.86. The first-order chi connectivity index (χ1) is 13.5. The molecule has 0 aliphatic carbocycles. The molecule has 0 unspecified atom stereocenters. The van der Waals surface area contributed by atoms with Crippen LogP contribution in [0.3, 0.4) is 0 Å². The minimum absolute atomic E-state index is 0.187. The first kappa shape index (κ1) is 18.3. The molecular formula is C21H19N3O3S. The summed E-state index contributed by atoms with van der Waals surface area (Å²) in [6, 6.07) is 14.3. The number of thiazole rings is 1. The summed E-state index contributed by atoms with van der Waals surface area (Å²) in [4.78, 5) is 44.4. The van der Waals surface area contributed by atoms with Gasteiger partial charge in [0.2, 0.25) is 11.8 Å². The van der Waals surface area contributed by atoms with Crippen molar-refractivity contribution in [3.05, 3.63) is 59.1 Å². The largest absolute Gasteiger partial charge is 0.333 e. The van der Waals surface area contributed by atoms with E-state index in [4.69, 9.17) is 0 Å². The van der Waals surface area contributed by atoms with Crippen molar-refractivity contribution in [2.24, 2.45) is 0 Å². The number of benzene rings is 2. The van der Waals surface area contributed by atoms with Crippen molar-refractivity contribution in [1.29, 1.82) is 0 Å². The van der Waals surface area contributed by atoms with Crippen LogP contribution < -0.4 is 4.90 Å². The van der Waals surface area contributed by atoms with Crippen LogP contribution in [0.15, 0.2) is 48.5 Å². The van der Waals surface area contributed by atoms with Crippen molar-refractivity contribution in [3.8, 4) is 0 Å². The molecular weight excluding hydrogens is 374 g/mol. The maximum absolute atomic E-state index is 13.0. The van der Waals surface area contributed by atoms with Gasteiger partial charge in [-0.15, -0.1) is 11.3 Å². The number of carbonyl (C=O) groups excluding carboxylic acids is 3. The Morgan fingerprint density at radius 3 is 2.54 bits per heavy atom. The van der Waals surface area contributed by atoms with E-state index < -0.39 is 0 Å². The smallest absolute Gasteiger partial charge is 0.254 e. The van der Waals surface area contributed by atoms with Crippen molar-refractivity contribution in [1.82, 2.24) is 9.88 Å². The molecule has 0 N–H and O–H groups in total. The Morgan fingerprint density at radius 1 is 1.11 bits per heavy atom. The second kappa shape index (κ2) is 7.16. The van der Waals surface area contributed by atoms with Crippen molar-refractivity contribution < 1.29 is 14.4 Å². The minimum atomic E-state index is -0.231. The average molecular weight is 393 g/mol. The lowest BCUT2D eigenvalue weighted by Gasteiger charge is -2.24. The van der Waals surface area contributed by atoms with Gasteiger partial charge in [-0.3, -0.25) is 19.3 Å². The Bertz CT molecular complexity index is 1040. The molecule has 0 saturated carbocycles. The molecule has 6 nitrogen and oxygen atoms in total. The maximum Gasteiger partial charge on any atom is 0.254 e. The number of hydrogen-bond donors (Lipinski definition) is 0. The Balaban J connectivity index is 1.59. The van der Waals surface area contributed by atoms with Crippen LogP contribution >= 0.6 is 11.3 Å². The third-order valence-corrected chi connectivity index (χ3v) is 6.18. The SMILES string of the molecule is C[C@@H](c1nc2ccccc2s1)N(C)C(=O)c1cccc(N2C(=O)CCC2=O)c1. The average Bonchev–Trinajstić information content (AvgIpc) is 3.29. The number of fused-ring (bicyclic) bond motifs is 1. The summed E-state index contributed by atoms with van der Waals surface area (Å²) in [5.41, 5.74) is 1.79. The van der Waals surface area contributed by atoms with E-state index in [0.717, 1.165) is 20.1 Å². The molecule has 4 rings (SSSR count). The van der Waals surface area contributed by atoms with Gasteiger partial charge in [0.05, 0.1) is 21.9 Å². The fourth-order valence-electron chi connectivity index (χ4n) is 3.26. The molecule has 3 amide bonds. The third kappa shape index (κ3) is 3.18. The zero-order chi connectivity index (χ0) is 19.8. The van der Waals surface area contributed by atoms with Crippen LogP contribution in [0.1, 0.15) is 41.2 Å². The van der Waals surface area contributed by atoms with Crippen LogP contribution in [0.2, 0.25) is 0 Å². The van der Waals surface area contributed by atoms with Crippen LogP contribution in [0.25, 0.3) is 10.2 Å². The first-order valence-electron chi connectivity index (χ1n) is 9.04. The molecule has 2 aromatic carbocycles. The van der Waals surface area contributed by atoms with Crippen molar-refractivity contribution in [2.75, 3.05) is 11.9 Å². The molecule has 1 fully saturated rings. The van der Waals surface area contributed by atoms with Crippen LogP contribution in [0, 0.1) is 0 Å². The highest BCUT2D eigenvalue weighted by molar-refractivity contribution is 7.18. The van der Waals surface area contributed by atoms with Gasteiger partial charge in [0.1, 0.15) is 5.01 Å². The minimum Gasteiger partial charge on any atom is -0.333 e. The molecule has 1 aromatic heterocycles. The normalized spacial score (nSPS) is 15.3. The fourth-order valence-corrected chi connectivity index (χ4v) is 4.32. The van der Waals surface area contributed by atoms with E-state index in [0.29, 0.717) is 11.3 Å². The van der Waals surface area contributed by atoms with Gasteiger partial charge < -0.3 is 4.90 Å². The highest BCUT2D eigenvalue weighted by Gasteiger charge is 2.31. The molecule has 1 saturated heterocycles. The summed E-state index contributed by atoms with van der Waals surface area (Å²) in [5.74, 6) is -0.649. The molecule has 1 aliphatic heterocycles. The van der Waals surface area contributed by atoms with Crippen LogP contribution in [-0.4, -0.2) is 34.7 Å². The lowest BCUT2D eigenvalue weighted by molar-refractivity contribution is -0.121. The third-order valence-electron chi connectivity index (χ3n) is 4.97. The highest BCUT2D eigenvalue weighted by atomic mass is 32.1. The number of carbonyl (C=O) groups is 3. The molecule has 7 heteroatoms. The highest BCUT2D eigenvalue weighted by Crippen LogP contribution is 2.30. The van der Waals surface area contributed by atoms with Gasteiger partial charge in [0.25, 0.3) is 5.91 Å². The fraction of sp³-hybridized carbons (Fsp3) is 0.238. The monoisotopic (exact) mass is 393 g/mol. The van der Waals surface area contributed by atoms with Gasteiger partial charge in [-0.1, -0.05) is 18.2 Å². The van der Waals surface area contributed by atoms with E-state index >= 15 is 0 Å². The van der Waals surface area contributed by atoms with E-state index in [9.17, 15) is 14.4 Å². The van der Waals surface area contributed by atoms with Crippen molar-refractivity contribution in [2.45, 2.75) is 25.8 Å². The van der Waals surface area contributed by atoms with Crippen LogP contribution in [0.4, 0.5) is 5.69 Å². The van der Waals surface area contributed by atoms with Gasteiger partial charge >= 0.3 is 0 Å². The Labute approximate surface area is 166 Å². The van der Waals surface area contributed by atoms with E-state index in [2.05, 4.69) is 4.98 Å². The number of hydrogen-bond acceptors (Lipinski definition) is 5. The number of anilines is 1. The molecule has 0 radical (unpaired) electrons. The molecule has 0 bridgehead atoms. The Kier molecular flexibility index (Phi) is 4.68. The summed E-state index contributed by atoms with van der Waals surface area (Å²) in [6.07, 6.45) is 0.428.